The smallest absolute Gasteiger partial charge is 0.248 e. The van der Waals surface area contributed by atoms with Gasteiger partial charge in [0.25, 0.3) is 0 Å². The molecule has 2 aromatic rings. The van der Waals surface area contributed by atoms with Crippen molar-refractivity contribution in [1.82, 2.24) is 20.4 Å². The van der Waals surface area contributed by atoms with E-state index in [2.05, 4.69) is 22.4 Å². The van der Waals surface area contributed by atoms with Gasteiger partial charge in [-0.1, -0.05) is 13.3 Å². The van der Waals surface area contributed by atoms with Crippen molar-refractivity contribution in [3.63, 3.8) is 0 Å². The third-order valence-electron chi connectivity index (χ3n) is 5.04. The molecule has 0 spiro atoms. The number of amides is 2. The third kappa shape index (κ3) is 5.41. The van der Waals surface area contributed by atoms with Crippen molar-refractivity contribution in [2.24, 2.45) is 5.92 Å². The number of hydrogen-bond acceptors (Lipinski definition) is 6. The molecular weight excluding hydrogens is 376 g/mol. The standard InChI is InChI=1S/C20H28N4O3S/c1-3-5-14(2)21-19(26)15-6-4-10-24(12-15)18(25)8-7-17-22-23-20(27-17)16-9-11-28-13-16/h9,11,13-15H,3-8,10,12H2,1-2H3,(H,21,26). The number of thiophene rings is 1. The van der Waals surface area contributed by atoms with Gasteiger partial charge in [0.15, 0.2) is 0 Å². The fourth-order valence-electron chi connectivity index (χ4n) is 3.51. The van der Waals surface area contributed by atoms with Crippen LogP contribution in [-0.4, -0.2) is 46.0 Å². The van der Waals surface area contributed by atoms with Gasteiger partial charge in [-0.15, -0.1) is 10.2 Å². The van der Waals surface area contributed by atoms with E-state index in [4.69, 9.17) is 4.42 Å². The molecule has 0 radical (unpaired) electrons. The Morgan fingerprint density at radius 3 is 3.04 bits per heavy atom. The zero-order chi connectivity index (χ0) is 19.9. The molecule has 8 heteroatoms. The first-order chi connectivity index (χ1) is 13.6. The van der Waals surface area contributed by atoms with Gasteiger partial charge in [0, 0.05) is 42.9 Å². The van der Waals surface area contributed by atoms with Crippen molar-refractivity contribution in [1.29, 1.82) is 0 Å². The van der Waals surface area contributed by atoms with E-state index < -0.39 is 0 Å². The molecule has 2 unspecified atom stereocenters. The van der Waals surface area contributed by atoms with E-state index in [0.29, 0.717) is 37.7 Å². The minimum absolute atomic E-state index is 0.0365. The Bertz CT molecular complexity index is 774. The maximum Gasteiger partial charge on any atom is 0.248 e. The lowest BCUT2D eigenvalue weighted by atomic mass is 9.96. The number of nitrogens with one attached hydrogen (secondary N) is 1. The highest BCUT2D eigenvalue weighted by atomic mass is 32.1. The maximum atomic E-state index is 12.6. The Hall–Kier alpha value is -2.22. The summed E-state index contributed by atoms with van der Waals surface area (Å²) in [6.45, 7) is 5.34. The minimum atomic E-state index is -0.120. The second kappa shape index (κ2) is 9.82. The van der Waals surface area contributed by atoms with E-state index in [1.54, 1.807) is 16.2 Å². The number of piperidine rings is 1. The summed E-state index contributed by atoms with van der Waals surface area (Å²) in [6.07, 6.45) is 4.43. The van der Waals surface area contributed by atoms with Crippen molar-refractivity contribution in [2.45, 2.75) is 58.4 Å². The van der Waals surface area contributed by atoms with Crippen LogP contribution in [-0.2, 0) is 16.0 Å². The van der Waals surface area contributed by atoms with Gasteiger partial charge in [0.05, 0.1) is 5.92 Å². The van der Waals surface area contributed by atoms with E-state index >= 15 is 0 Å². The number of rotatable bonds is 8. The fraction of sp³-hybridized carbons (Fsp3) is 0.600. The van der Waals surface area contributed by atoms with Crippen molar-refractivity contribution in [3.05, 3.63) is 22.7 Å². The van der Waals surface area contributed by atoms with Gasteiger partial charge in [-0.2, -0.15) is 11.3 Å². The number of aromatic nitrogens is 2. The Morgan fingerprint density at radius 2 is 2.29 bits per heavy atom. The molecule has 2 aromatic heterocycles. The summed E-state index contributed by atoms with van der Waals surface area (Å²) in [5.74, 6) is 0.935. The minimum Gasteiger partial charge on any atom is -0.421 e. The van der Waals surface area contributed by atoms with E-state index in [-0.39, 0.29) is 23.8 Å². The molecule has 0 bridgehead atoms. The number of aryl methyl sites for hydroxylation is 1. The average Bonchev–Trinajstić information content (AvgIpc) is 3.38. The van der Waals surface area contributed by atoms with E-state index in [1.807, 2.05) is 23.8 Å². The lowest BCUT2D eigenvalue weighted by Gasteiger charge is -2.32. The monoisotopic (exact) mass is 404 g/mol. The first-order valence-electron chi connectivity index (χ1n) is 10.00. The number of likely N-dealkylation sites (tertiary alicyclic amines) is 1. The highest BCUT2D eigenvalue weighted by Crippen LogP contribution is 2.22. The Balaban J connectivity index is 1.48. The summed E-state index contributed by atoms with van der Waals surface area (Å²) < 4.78 is 5.64. The van der Waals surface area contributed by atoms with Gasteiger partial charge >= 0.3 is 0 Å². The van der Waals surface area contributed by atoms with Crippen LogP contribution in [0.2, 0.25) is 0 Å². The molecule has 2 atom stereocenters. The number of hydrogen-bond donors (Lipinski definition) is 1. The van der Waals surface area contributed by atoms with Crippen molar-refractivity contribution >= 4 is 23.2 Å². The van der Waals surface area contributed by atoms with Gasteiger partial charge in [-0.05, 0) is 37.6 Å². The first-order valence-corrected chi connectivity index (χ1v) is 10.9. The largest absolute Gasteiger partial charge is 0.421 e. The number of carbonyl (C=O) groups is 2. The van der Waals surface area contributed by atoms with E-state index in [0.717, 1.165) is 31.2 Å². The van der Waals surface area contributed by atoms with Crippen LogP contribution in [0.4, 0.5) is 0 Å². The quantitative estimate of drug-likeness (QED) is 0.729. The molecule has 1 aliphatic rings. The number of carbonyl (C=O) groups excluding carboxylic acids is 2. The lowest BCUT2D eigenvalue weighted by molar-refractivity contribution is -0.135. The highest BCUT2D eigenvalue weighted by Gasteiger charge is 2.29. The predicted octanol–water partition coefficient (Wildman–Crippen LogP) is 3.27. The molecule has 152 valence electrons. The summed E-state index contributed by atoms with van der Waals surface area (Å²) >= 11 is 1.57. The van der Waals surface area contributed by atoms with Gasteiger partial charge in [-0.25, -0.2) is 0 Å². The fourth-order valence-corrected chi connectivity index (χ4v) is 4.14. The highest BCUT2D eigenvalue weighted by molar-refractivity contribution is 7.08. The molecule has 3 rings (SSSR count). The Labute approximate surface area is 169 Å². The lowest BCUT2D eigenvalue weighted by Crippen LogP contribution is -2.47. The third-order valence-corrected chi connectivity index (χ3v) is 5.73. The average molecular weight is 405 g/mol. The molecular formula is C20H28N4O3S. The molecule has 28 heavy (non-hydrogen) atoms. The van der Waals surface area contributed by atoms with Crippen LogP contribution < -0.4 is 5.32 Å². The van der Waals surface area contributed by atoms with Crippen LogP contribution in [0.3, 0.4) is 0 Å². The SMILES string of the molecule is CCCC(C)NC(=O)C1CCCN(C(=O)CCc2nnc(-c3ccsc3)o2)C1. The summed E-state index contributed by atoms with van der Waals surface area (Å²) in [7, 11) is 0. The maximum absolute atomic E-state index is 12.6. The Kier molecular flexibility index (Phi) is 7.19. The predicted molar refractivity (Wildman–Crippen MR) is 108 cm³/mol. The van der Waals surface area contributed by atoms with Crippen LogP contribution in [0.25, 0.3) is 11.5 Å². The molecule has 0 saturated carbocycles. The van der Waals surface area contributed by atoms with Crippen LogP contribution in [0.15, 0.2) is 21.2 Å². The normalized spacial score (nSPS) is 18.1. The molecule has 2 amide bonds. The van der Waals surface area contributed by atoms with Crippen LogP contribution in [0.1, 0.15) is 51.8 Å². The summed E-state index contributed by atoms with van der Waals surface area (Å²) in [4.78, 5) is 26.9. The van der Waals surface area contributed by atoms with Crippen molar-refractivity contribution in [3.8, 4) is 11.5 Å². The molecule has 1 aliphatic heterocycles. The molecule has 7 nitrogen and oxygen atoms in total. The van der Waals surface area contributed by atoms with Gasteiger partial charge in [-0.3, -0.25) is 9.59 Å². The zero-order valence-electron chi connectivity index (χ0n) is 16.5. The molecule has 1 N–H and O–H groups in total. The summed E-state index contributed by atoms with van der Waals surface area (Å²) in [5.41, 5.74) is 0.900. The number of nitrogens with zero attached hydrogens (tertiary/aromatic N) is 3. The van der Waals surface area contributed by atoms with E-state index in [9.17, 15) is 9.59 Å². The summed E-state index contributed by atoms with van der Waals surface area (Å²) in [5, 5.41) is 15.0. The zero-order valence-corrected chi connectivity index (χ0v) is 17.3. The van der Waals surface area contributed by atoms with Crippen molar-refractivity contribution in [2.75, 3.05) is 13.1 Å². The van der Waals surface area contributed by atoms with Gasteiger partial charge < -0.3 is 14.6 Å². The van der Waals surface area contributed by atoms with Crippen molar-refractivity contribution < 1.29 is 14.0 Å². The van der Waals surface area contributed by atoms with Crippen LogP contribution in [0.5, 0.6) is 0 Å². The topological polar surface area (TPSA) is 88.3 Å². The second-order valence-electron chi connectivity index (χ2n) is 7.39. The molecule has 1 saturated heterocycles. The van der Waals surface area contributed by atoms with Crippen LogP contribution >= 0.6 is 11.3 Å². The molecule has 0 aromatic carbocycles. The molecule has 3 heterocycles. The Morgan fingerprint density at radius 1 is 1.43 bits per heavy atom. The van der Waals surface area contributed by atoms with Gasteiger partial charge in [0.2, 0.25) is 23.6 Å². The van der Waals surface area contributed by atoms with E-state index in [1.165, 1.54) is 0 Å². The van der Waals surface area contributed by atoms with Gasteiger partial charge in [0.1, 0.15) is 0 Å². The summed E-state index contributed by atoms with van der Waals surface area (Å²) in [6, 6.07) is 2.10. The van der Waals surface area contributed by atoms with Crippen LogP contribution in [0, 0.1) is 5.92 Å². The molecule has 0 aliphatic carbocycles. The molecule has 1 fully saturated rings. The second-order valence-corrected chi connectivity index (χ2v) is 8.17. The first kappa shape index (κ1) is 20.5.